The number of nitrogens with zero attached hydrogens (tertiary/aromatic N) is 4. The third-order valence-corrected chi connectivity index (χ3v) is 7.85. The van der Waals surface area contributed by atoms with Crippen LogP contribution in [0, 0.1) is 0 Å². The number of ether oxygens (including phenoxy) is 1. The average molecular weight is 656 g/mol. The topological polar surface area (TPSA) is 85.4 Å². The van der Waals surface area contributed by atoms with Crippen LogP contribution in [0.2, 0.25) is 0 Å². The fourth-order valence-electron chi connectivity index (χ4n) is 5.66. The van der Waals surface area contributed by atoms with Crippen LogP contribution in [0.1, 0.15) is 30.9 Å². The molecule has 2 aliphatic heterocycles. The number of alkyl halides is 1. The molecule has 40 heavy (non-hydrogen) atoms. The fourth-order valence-corrected chi connectivity index (χ4v) is 6.02. The number of carbonyl (C=O) groups excluding carboxylic acids is 3. The molecule has 4 amide bonds. The molecule has 0 unspecified atom stereocenters. The number of rotatable bonds is 8. The van der Waals surface area contributed by atoms with Gasteiger partial charge in [0.05, 0.1) is 13.1 Å². The normalized spacial score (nSPS) is 19.6. The fraction of sp³-hybridized carbons (Fsp3) is 0.367. The van der Waals surface area contributed by atoms with E-state index in [1.807, 2.05) is 60.4 Å². The molecule has 0 spiro atoms. The number of nitrogens with one attached hydrogen (secondary N) is 1. The lowest BCUT2D eigenvalue weighted by molar-refractivity contribution is -0.188. The van der Waals surface area contributed by atoms with E-state index in [0.717, 1.165) is 34.1 Å². The number of hydrogen-bond acceptors (Lipinski definition) is 5. The van der Waals surface area contributed by atoms with Gasteiger partial charge in [0.15, 0.2) is 0 Å². The Labute approximate surface area is 248 Å². The van der Waals surface area contributed by atoms with Gasteiger partial charge in [-0.2, -0.15) is 0 Å². The minimum atomic E-state index is -0.610. The molecular weight excluding hydrogens is 621 g/mol. The number of benzene rings is 3. The van der Waals surface area contributed by atoms with Crippen molar-refractivity contribution in [3.63, 3.8) is 0 Å². The van der Waals surface area contributed by atoms with E-state index < -0.39 is 12.2 Å². The number of fused-ring (bicyclic) bond motifs is 2. The van der Waals surface area contributed by atoms with Crippen molar-refractivity contribution >= 4 is 51.2 Å². The van der Waals surface area contributed by atoms with Crippen molar-refractivity contribution in [1.82, 2.24) is 25.1 Å². The van der Waals surface area contributed by atoms with Crippen LogP contribution in [0.3, 0.4) is 0 Å². The van der Waals surface area contributed by atoms with Crippen LogP contribution in [0.15, 0.2) is 66.7 Å². The molecule has 1 N–H and O–H groups in total. The number of halogens is 1. The molecule has 0 bridgehead atoms. The van der Waals surface area contributed by atoms with Crippen molar-refractivity contribution in [2.24, 2.45) is 0 Å². The molecular formula is C30H34IN5O4. The minimum Gasteiger partial charge on any atom is -0.483 e. The van der Waals surface area contributed by atoms with Gasteiger partial charge >= 0.3 is 6.03 Å². The Balaban J connectivity index is 1.39. The van der Waals surface area contributed by atoms with Gasteiger partial charge < -0.3 is 19.9 Å². The molecule has 0 aromatic heterocycles. The molecule has 0 radical (unpaired) electrons. The Morgan fingerprint density at radius 1 is 1.05 bits per heavy atom. The summed E-state index contributed by atoms with van der Waals surface area (Å²) >= 11 is 2.14. The van der Waals surface area contributed by atoms with Crippen LogP contribution in [-0.4, -0.2) is 74.6 Å². The van der Waals surface area contributed by atoms with Crippen molar-refractivity contribution in [2.75, 3.05) is 24.8 Å². The first kappa shape index (κ1) is 28.2. The van der Waals surface area contributed by atoms with Crippen molar-refractivity contribution in [3.05, 3.63) is 77.9 Å². The summed E-state index contributed by atoms with van der Waals surface area (Å²) in [5.74, 6) is 0.562. The molecule has 2 atom stereocenters. The second-order valence-electron chi connectivity index (χ2n) is 10.2. The number of urea groups is 1. The van der Waals surface area contributed by atoms with E-state index in [1.54, 1.807) is 22.0 Å². The van der Waals surface area contributed by atoms with Gasteiger partial charge in [-0.05, 0) is 63.0 Å². The molecule has 5 rings (SSSR count). The number of carbonyl (C=O) groups is 3. The van der Waals surface area contributed by atoms with Gasteiger partial charge in [0.25, 0.3) is 0 Å². The van der Waals surface area contributed by atoms with Gasteiger partial charge in [0.1, 0.15) is 22.6 Å². The first-order chi connectivity index (χ1) is 19.4. The quantitative estimate of drug-likeness (QED) is 0.288. The second kappa shape index (κ2) is 12.4. The van der Waals surface area contributed by atoms with Crippen LogP contribution in [0.4, 0.5) is 4.79 Å². The summed E-state index contributed by atoms with van der Waals surface area (Å²) in [7, 11) is 1.74. The third kappa shape index (κ3) is 5.73. The summed E-state index contributed by atoms with van der Waals surface area (Å²) in [4.78, 5) is 44.1. The zero-order valence-electron chi connectivity index (χ0n) is 22.8. The molecule has 2 saturated heterocycles. The highest BCUT2D eigenvalue weighted by Crippen LogP contribution is 2.30. The van der Waals surface area contributed by atoms with E-state index >= 15 is 0 Å². The molecule has 10 heteroatoms. The van der Waals surface area contributed by atoms with Gasteiger partial charge in [-0.1, -0.05) is 67.9 Å². The summed E-state index contributed by atoms with van der Waals surface area (Å²) in [6.45, 7) is 3.00. The highest BCUT2D eigenvalue weighted by atomic mass is 127. The molecule has 0 aliphatic carbocycles. The minimum absolute atomic E-state index is 0.0308. The molecule has 2 fully saturated rings. The van der Waals surface area contributed by atoms with E-state index in [4.69, 9.17) is 4.74 Å². The molecule has 2 heterocycles. The van der Waals surface area contributed by atoms with E-state index in [-0.39, 0.29) is 30.9 Å². The summed E-state index contributed by atoms with van der Waals surface area (Å²) in [6, 6.07) is 20.9. The van der Waals surface area contributed by atoms with Crippen molar-refractivity contribution in [1.29, 1.82) is 0 Å². The summed E-state index contributed by atoms with van der Waals surface area (Å²) < 4.78 is 6.05. The monoisotopic (exact) mass is 655 g/mol. The van der Waals surface area contributed by atoms with Crippen LogP contribution in [0.5, 0.6) is 5.75 Å². The molecule has 0 saturated carbocycles. The van der Waals surface area contributed by atoms with Crippen LogP contribution in [0.25, 0.3) is 10.8 Å². The maximum absolute atomic E-state index is 13.8. The standard InChI is InChI=1S/C30H34IN5O4/c1-3-7-26-29(38)34(17-23-10-6-9-22-8-4-5-11-25(22)23)18-27-35(26)28(37)19-33(2)36(27)30(39)32-16-21-12-14-24(15-13-21)40-20-31/h4-6,8-15,26-27H,3,7,16-20H2,1-2H3,(H,32,39)/t26-,27-/m0/s1. The van der Waals surface area contributed by atoms with Gasteiger partial charge in [0.2, 0.25) is 11.8 Å². The van der Waals surface area contributed by atoms with Gasteiger partial charge in [-0.15, -0.1) is 0 Å². The molecule has 3 aromatic carbocycles. The van der Waals surface area contributed by atoms with Crippen molar-refractivity contribution in [2.45, 2.75) is 45.1 Å². The lowest BCUT2D eigenvalue weighted by Crippen LogP contribution is -2.75. The lowest BCUT2D eigenvalue weighted by Gasteiger charge is -2.54. The first-order valence-electron chi connectivity index (χ1n) is 13.5. The molecule has 210 valence electrons. The Kier molecular flexibility index (Phi) is 8.75. The molecule has 9 nitrogen and oxygen atoms in total. The van der Waals surface area contributed by atoms with Crippen molar-refractivity contribution < 1.29 is 19.1 Å². The Morgan fingerprint density at radius 3 is 2.55 bits per heavy atom. The number of amides is 4. The Bertz CT molecular complexity index is 1380. The number of piperazine rings is 1. The maximum Gasteiger partial charge on any atom is 0.334 e. The molecule has 2 aliphatic rings. The average Bonchev–Trinajstić information content (AvgIpc) is 2.95. The zero-order chi connectivity index (χ0) is 28.2. The lowest BCUT2D eigenvalue weighted by atomic mass is 10.00. The van der Waals surface area contributed by atoms with Gasteiger partial charge in [0, 0.05) is 20.1 Å². The van der Waals surface area contributed by atoms with Gasteiger partial charge in [-0.25, -0.2) is 14.8 Å². The van der Waals surface area contributed by atoms with E-state index in [0.29, 0.717) is 24.1 Å². The predicted octanol–water partition coefficient (Wildman–Crippen LogP) is 4.35. The second-order valence-corrected chi connectivity index (χ2v) is 10.8. The number of likely N-dealkylation sites (N-methyl/N-ethyl adjacent to an activating group) is 1. The zero-order valence-corrected chi connectivity index (χ0v) is 24.9. The summed E-state index contributed by atoms with van der Waals surface area (Å²) in [6.07, 6.45) is 0.682. The van der Waals surface area contributed by atoms with E-state index in [9.17, 15) is 14.4 Å². The molecule has 3 aromatic rings. The highest BCUT2D eigenvalue weighted by Gasteiger charge is 2.50. The Hall–Kier alpha value is -3.38. The van der Waals surface area contributed by atoms with Crippen LogP contribution in [-0.2, 0) is 22.7 Å². The van der Waals surface area contributed by atoms with Crippen LogP contribution < -0.4 is 10.1 Å². The van der Waals surface area contributed by atoms with Gasteiger partial charge in [-0.3, -0.25) is 9.59 Å². The van der Waals surface area contributed by atoms with E-state index in [2.05, 4.69) is 46.1 Å². The number of hydrogen-bond donors (Lipinski definition) is 1. The SMILES string of the molecule is CCC[C@H]1C(=O)N(Cc2cccc3ccccc23)C[C@H]2N1C(=O)CN(C)N2C(=O)NCc1ccc(OCI)cc1. The third-order valence-electron chi connectivity index (χ3n) is 7.54. The Morgan fingerprint density at radius 2 is 1.80 bits per heavy atom. The smallest absolute Gasteiger partial charge is 0.334 e. The number of hydrazine groups is 1. The summed E-state index contributed by atoms with van der Waals surface area (Å²) in [5, 5.41) is 8.46. The predicted molar refractivity (Wildman–Crippen MR) is 161 cm³/mol. The first-order valence-corrected chi connectivity index (χ1v) is 15.1. The maximum atomic E-state index is 13.8. The van der Waals surface area contributed by atoms with Crippen molar-refractivity contribution in [3.8, 4) is 5.75 Å². The largest absolute Gasteiger partial charge is 0.483 e. The van der Waals surface area contributed by atoms with Crippen LogP contribution >= 0.6 is 22.6 Å². The summed E-state index contributed by atoms with van der Waals surface area (Å²) in [5.41, 5.74) is 1.97. The highest BCUT2D eigenvalue weighted by molar-refractivity contribution is 14.1. The van der Waals surface area contributed by atoms with E-state index in [1.165, 1.54) is 0 Å².